The topological polar surface area (TPSA) is 48.5 Å². The van der Waals surface area contributed by atoms with Crippen LogP contribution in [0, 0.1) is 0 Å². The van der Waals surface area contributed by atoms with Crippen molar-refractivity contribution in [2.75, 3.05) is 0 Å². The molecule has 1 aromatic carbocycles. The molecule has 0 aliphatic carbocycles. The van der Waals surface area contributed by atoms with Gasteiger partial charge in [0.25, 0.3) is 0 Å². The molecular weight excluding hydrogens is 250 g/mol. The average Bonchev–Trinajstić information content (AvgIpc) is 3.19. The molecule has 4 rings (SSSR count). The van der Waals surface area contributed by atoms with Crippen molar-refractivity contribution in [3.05, 3.63) is 66.0 Å². The zero-order valence-electron chi connectivity index (χ0n) is 11.1. The Balaban J connectivity index is 1.58. The molecule has 1 aliphatic heterocycles. The SMILES string of the molecule is c1ccc(C2Cc3nnc(Cn4cccn4)n3C2)cc1. The van der Waals surface area contributed by atoms with Crippen LogP contribution in [-0.2, 0) is 19.5 Å². The van der Waals surface area contributed by atoms with Gasteiger partial charge in [0, 0.05) is 31.3 Å². The van der Waals surface area contributed by atoms with E-state index in [1.54, 1.807) is 6.20 Å². The molecule has 0 fully saturated rings. The molecular formula is C15H15N5. The number of fused-ring (bicyclic) bond motifs is 1. The van der Waals surface area contributed by atoms with E-state index in [4.69, 9.17) is 0 Å². The zero-order valence-corrected chi connectivity index (χ0v) is 11.1. The summed E-state index contributed by atoms with van der Waals surface area (Å²) >= 11 is 0. The lowest BCUT2D eigenvalue weighted by Gasteiger charge is -2.09. The van der Waals surface area contributed by atoms with Gasteiger partial charge in [-0.25, -0.2) is 0 Å². The zero-order chi connectivity index (χ0) is 13.4. The molecule has 0 saturated carbocycles. The second-order valence-electron chi connectivity index (χ2n) is 5.16. The normalized spacial score (nSPS) is 17.3. The molecule has 20 heavy (non-hydrogen) atoms. The average molecular weight is 265 g/mol. The van der Waals surface area contributed by atoms with Crippen LogP contribution in [0.15, 0.2) is 48.8 Å². The Morgan fingerprint density at radius 2 is 2.00 bits per heavy atom. The smallest absolute Gasteiger partial charge is 0.154 e. The van der Waals surface area contributed by atoms with E-state index in [0.29, 0.717) is 12.5 Å². The summed E-state index contributed by atoms with van der Waals surface area (Å²) in [6, 6.07) is 12.6. The van der Waals surface area contributed by atoms with Crippen molar-refractivity contribution in [2.45, 2.75) is 25.4 Å². The molecule has 0 saturated heterocycles. The van der Waals surface area contributed by atoms with E-state index < -0.39 is 0 Å². The largest absolute Gasteiger partial charge is 0.313 e. The third-order valence-corrected chi connectivity index (χ3v) is 3.87. The summed E-state index contributed by atoms with van der Waals surface area (Å²) in [6.45, 7) is 1.64. The van der Waals surface area contributed by atoms with E-state index in [2.05, 4.69) is 50.2 Å². The minimum Gasteiger partial charge on any atom is -0.313 e. The highest BCUT2D eigenvalue weighted by Gasteiger charge is 2.27. The first kappa shape index (κ1) is 11.4. The van der Waals surface area contributed by atoms with Gasteiger partial charge in [0.2, 0.25) is 0 Å². The predicted octanol–water partition coefficient (Wildman–Crippen LogP) is 1.86. The van der Waals surface area contributed by atoms with Gasteiger partial charge in [-0.1, -0.05) is 30.3 Å². The van der Waals surface area contributed by atoms with Gasteiger partial charge in [0.15, 0.2) is 5.82 Å². The molecule has 0 N–H and O–H groups in total. The van der Waals surface area contributed by atoms with Gasteiger partial charge in [-0.2, -0.15) is 5.10 Å². The number of hydrogen-bond acceptors (Lipinski definition) is 3. The van der Waals surface area contributed by atoms with E-state index in [0.717, 1.165) is 24.6 Å². The van der Waals surface area contributed by atoms with E-state index in [-0.39, 0.29) is 0 Å². The van der Waals surface area contributed by atoms with Gasteiger partial charge >= 0.3 is 0 Å². The van der Waals surface area contributed by atoms with E-state index in [1.165, 1.54) is 5.56 Å². The van der Waals surface area contributed by atoms with Gasteiger partial charge in [0.05, 0.1) is 0 Å². The maximum absolute atomic E-state index is 4.32. The van der Waals surface area contributed by atoms with Crippen molar-refractivity contribution in [3.8, 4) is 0 Å². The summed E-state index contributed by atoms with van der Waals surface area (Å²) in [5.74, 6) is 2.58. The number of nitrogens with zero attached hydrogens (tertiary/aromatic N) is 5. The van der Waals surface area contributed by atoms with Crippen LogP contribution in [0.4, 0.5) is 0 Å². The molecule has 5 heteroatoms. The summed E-state index contributed by atoms with van der Waals surface area (Å²) in [5, 5.41) is 12.8. The Hall–Kier alpha value is -2.43. The number of hydrogen-bond donors (Lipinski definition) is 0. The molecule has 3 aromatic rings. The summed E-state index contributed by atoms with van der Waals surface area (Å²) < 4.78 is 4.12. The minimum atomic E-state index is 0.512. The van der Waals surface area contributed by atoms with Crippen molar-refractivity contribution < 1.29 is 0 Å². The second kappa shape index (κ2) is 4.59. The quantitative estimate of drug-likeness (QED) is 0.726. The lowest BCUT2D eigenvalue weighted by atomic mass is 9.98. The summed E-state index contributed by atoms with van der Waals surface area (Å²) in [7, 11) is 0. The molecule has 1 aliphatic rings. The van der Waals surface area contributed by atoms with Crippen LogP contribution in [0.25, 0.3) is 0 Å². The third-order valence-electron chi connectivity index (χ3n) is 3.87. The van der Waals surface area contributed by atoms with Crippen LogP contribution in [-0.4, -0.2) is 24.5 Å². The molecule has 0 bridgehead atoms. The molecule has 0 spiro atoms. The van der Waals surface area contributed by atoms with Crippen molar-refractivity contribution in [1.29, 1.82) is 0 Å². The van der Waals surface area contributed by atoms with E-state index in [1.807, 2.05) is 16.9 Å². The van der Waals surface area contributed by atoms with Crippen LogP contribution < -0.4 is 0 Å². The van der Waals surface area contributed by atoms with Gasteiger partial charge in [-0.3, -0.25) is 4.68 Å². The predicted molar refractivity (Wildman–Crippen MR) is 74.2 cm³/mol. The minimum absolute atomic E-state index is 0.512. The first-order valence-corrected chi connectivity index (χ1v) is 6.83. The van der Waals surface area contributed by atoms with Crippen molar-refractivity contribution >= 4 is 0 Å². The number of aromatic nitrogens is 5. The molecule has 1 unspecified atom stereocenters. The Labute approximate surface area is 116 Å². The lowest BCUT2D eigenvalue weighted by Crippen LogP contribution is -2.09. The second-order valence-corrected chi connectivity index (χ2v) is 5.16. The molecule has 1 atom stereocenters. The van der Waals surface area contributed by atoms with Crippen LogP contribution in [0.3, 0.4) is 0 Å². The van der Waals surface area contributed by atoms with E-state index >= 15 is 0 Å². The summed E-state index contributed by atoms with van der Waals surface area (Å²) in [4.78, 5) is 0. The molecule has 3 heterocycles. The molecule has 0 amide bonds. The van der Waals surface area contributed by atoms with Gasteiger partial charge in [0.1, 0.15) is 12.4 Å². The van der Waals surface area contributed by atoms with Gasteiger partial charge in [-0.15, -0.1) is 10.2 Å². The third kappa shape index (κ3) is 1.91. The summed E-state index contributed by atoms with van der Waals surface area (Å²) in [5.41, 5.74) is 1.38. The fourth-order valence-electron chi connectivity index (χ4n) is 2.84. The van der Waals surface area contributed by atoms with Crippen molar-refractivity contribution in [1.82, 2.24) is 24.5 Å². The Kier molecular flexibility index (Phi) is 2.62. The fourth-order valence-corrected chi connectivity index (χ4v) is 2.84. The van der Waals surface area contributed by atoms with Crippen molar-refractivity contribution in [2.24, 2.45) is 0 Å². The van der Waals surface area contributed by atoms with Crippen LogP contribution in [0.5, 0.6) is 0 Å². The van der Waals surface area contributed by atoms with Gasteiger partial charge < -0.3 is 4.57 Å². The monoisotopic (exact) mass is 265 g/mol. The van der Waals surface area contributed by atoms with Crippen molar-refractivity contribution in [3.63, 3.8) is 0 Å². The van der Waals surface area contributed by atoms with Gasteiger partial charge in [-0.05, 0) is 11.6 Å². The number of benzene rings is 1. The maximum atomic E-state index is 4.32. The first-order chi connectivity index (χ1) is 9.90. The highest BCUT2D eigenvalue weighted by atomic mass is 15.3. The fraction of sp³-hybridized carbons (Fsp3) is 0.267. The molecule has 5 nitrogen and oxygen atoms in total. The lowest BCUT2D eigenvalue weighted by molar-refractivity contribution is 0.577. The van der Waals surface area contributed by atoms with Crippen LogP contribution >= 0.6 is 0 Å². The molecule has 2 aromatic heterocycles. The summed E-state index contributed by atoms with van der Waals surface area (Å²) in [6.07, 6.45) is 4.70. The van der Waals surface area contributed by atoms with Crippen LogP contribution in [0.1, 0.15) is 23.1 Å². The first-order valence-electron chi connectivity index (χ1n) is 6.83. The number of rotatable bonds is 3. The standard InChI is InChI=1S/C15H15N5/c1-2-5-12(6-3-1)13-9-14-17-18-15(20(14)10-13)11-19-8-4-7-16-19/h1-8,13H,9-11H2. The highest BCUT2D eigenvalue weighted by Crippen LogP contribution is 2.29. The Morgan fingerprint density at radius 1 is 1.10 bits per heavy atom. The van der Waals surface area contributed by atoms with E-state index in [9.17, 15) is 0 Å². The highest BCUT2D eigenvalue weighted by molar-refractivity contribution is 5.23. The molecule has 100 valence electrons. The van der Waals surface area contributed by atoms with Crippen LogP contribution in [0.2, 0.25) is 0 Å². The maximum Gasteiger partial charge on any atom is 0.154 e. The Morgan fingerprint density at radius 3 is 2.80 bits per heavy atom. The molecule has 0 radical (unpaired) electrons. The Bertz CT molecular complexity index is 699.